The highest BCUT2D eigenvalue weighted by atomic mass is 32.1. The molecule has 0 aliphatic carbocycles. The summed E-state index contributed by atoms with van der Waals surface area (Å²) in [7, 11) is 4.87. The Kier molecular flexibility index (Phi) is 5.73. The van der Waals surface area contributed by atoms with Gasteiger partial charge in [0.15, 0.2) is 16.6 Å². The Morgan fingerprint density at radius 3 is 2.38 bits per heavy atom. The fourth-order valence-electron chi connectivity index (χ4n) is 3.66. The Bertz CT molecular complexity index is 1000. The smallest absolute Gasteiger partial charge is 0.203 e. The first-order chi connectivity index (χ1) is 14.1. The second-order valence-electron chi connectivity index (χ2n) is 6.84. The van der Waals surface area contributed by atoms with Gasteiger partial charge in [-0.3, -0.25) is 4.90 Å². The maximum Gasteiger partial charge on any atom is 0.203 e. The molecule has 2 aromatic carbocycles. The molecule has 0 radical (unpaired) electrons. The molecular formula is C21H24FN3O3S. The Morgan fingerprint density at radius 1 is 0.966 bits per heavy atom. The number of benzene rings is 2. The van der Waals surface area contributed by atoms with E-state index in [1.807, 2.05) is 18.2 Å². The molecule has 1 aromatic heterocycles. The number of hydrogen-bond donors (Lipinski definition) is 0. The highest BCUT2D eigenvalue weighted by molar-refractivity contribution is 7.22. The molecule has 2 heterocycles. The van der Waals surface area contributed by atoms with E-state index < -0.39 is 0 Å². The average molecular weight is 418 g/mol. The Hall–Kier alpha value is -2.58. The van der Waals surface area contributed by atoms with E-state index in [0.717, 1.165) is 48.1 Å². The summed E-state index contributed by atoms with van der Waals surface area (Å²) in [4.78, 5) is 9.11. The number of piperazine rings is 1. The van der Waals surface area contributed by atoms with Crippen molar-refractivity contribution in [2.75, 3.05) is 52.4 Å². The number of thiazole rings is 1. The van der Waals surface area contributed by atoms with E-state index in [2.05, 4.69) is 14.8 Å². The van der Waals surface area contributed by atoms with Gasteiger partial charge in [0, 0.05) is 38.3 Å². The summed E-state index contributed by atoms with van der Waals surface area (Å²) < 4.78 is 31.3. The summed E-state index contributed by atoms with van der Waals surface area (Å²) in [6.45, 7) is 4.21. The van der Waals surface area contributed by atoms with Gasteiger partial charge in [0.2, 0.25) is 5.75 Å². The lowest BCUT2D eigenvalue weighted by Gasteiger charge is -2.34. The molecular weight excluding hydrogens is 393 g/mol. The number of anilines is 1. The van der Waals surface area contributed by atoms with Gasteiger partial charge in [0.25, 0.3) is 0 Å². The zero-order valence-corrected chi connectivity index (χ0v) is 17.6. The third-order valence-corrected chi connectivity index (χ3v) is 6.26. The van der Waals surface area contributed by atoms with Crippen LogP contribution in [0, 0.1) is 5.82 Å². The Morgan fingerprint density at radius 2 is 1.72 bits per heavy atom. The van der Waals surface area contributed by atoms with Crippen LogP contribution in [0.5, 0.6) is 17.2 Å². The fourth-order valence-corrected chi connectivity index (χ4v) is 4.70. The summed E-state index contributed by atoms with van der Waals surface area (Å²) in [5.74, 6) is 1.71. The van der Waals surface area contributed by atoms with E-state index >= 15 is 0 Å². The summed E-state index contributed by atoms with van der Waals surface area (Å²) in [6, 6.07) is 9.03. The van der Waals surface area contributed by atoms with Crippen molar-refractivity contribution in [3.8, 4) is 17.2 Å². The van der Waals surface area contributed by atoms with E-state index in [-0.39, 0.29) is 5.82 Å². The van der Waals surface area contributed by atoms with Gasteiger partial charge in [-0.2, -0.15) is 0 Å². The molecule has 6 nitrogen and oxygen atoms in total. The summed E-state index contributed by atoms with van der Waals surface area (Å²) >= 11 is 1.54. The van der Waals surface area contributed by atoms with E-state index in [1.165, 1.54) is 6.07 Å². The number of para-hydroxylation sites is 1. The molecule has 0 spiro atoms. The van der Waals surface area contributed by atoms with Crippen LogP contribution < -0.4 is 19.1 Å². The van der Waals surface area contributed by atoms with Crippen molar-refractivity contribution in [2.45, 2.75) is 6.54 Å². The van der Waals surface area contributed by atoms with E-state index in [4.69, 9.17) is 14.2 Å². The van der Waals surface area contributed by atoms with Gasteiger partial charge in [-0.05, 0) is 18.2 Å². The third-order valence-electron chi connectivity index (χ3n) is 5.18. The van der Waals surface area contributed by atoms with Crippen LogP contribution >= 0.6 is 11.3 Å². The van der Waals surface area contributed by atoms with Crippen LogP contribution in [0.4, 0.5) is 9.52 Å². The lowest BCUT2D eigenvalue weighted by molar-refractivity contribution is 0.243. The van der Waals surface area contributed by atoms with Gasteiger partial charge in [0.05, 0.1) is 26.0 Å². The second kappa shape index (κ2) is 8.42. The second-order valence-corrected chi connectivity index (χ2v) is 7.85. The molecule has 154 valence electrons. The largest absolute Gasteiger partial charge is 0.493 e. The molecule has 1 fully saturated rings. The first-order valence-corrected chi connectivity index (χ1v) is 10.3. The number of hydrogen-bond acceptors (Lipinski definition) is 7. The summed E-state index contributed by atoms with van der Waals surface area (Å²) in [5, 5.41) is 0.883. The van der Waals surface area contributed by atoms with Crippen molar-refractivity contribution in [3.05, 3.63) is 41.7 Å². The number of halogens is 1. The lowest BCUT2D eigenvalue weighted by Crippen LogP contribution is -2.46. The van der Waals surface area contributed by atoms with Gasteiger partial charge >= 0.3 is 0 Å². The molecule has 0 amide bonds. The minimum absolute atomic E-state index is 0.260. The Balaban J connectivity index is 1.45. The van der Waals surface area contributed by atoms with Crippen molar-refractivity contribution in [1.29, 1.82) is 0 Å². The minimum atomic E-state index is -0.260. The zero-order chi connectivity index (χ0) is 20.4. The van der Waals surface area contributed by atoms with E-state index in [9.17, 15) is 4.39 Å². The molecule has 3 aromatic rings. The highest BCUT2D eigenvalue weighted by Gasteiger charge is 2.23. The van der Waals surface area contributed by atoms with Crippen molar-refractivity contribution in [3.63, 3.8) is 0 Å². The fraction of sp³-hybridized carbons (Fsp3) is 0.381. The van der Waals surface area contributed by atoms with Crippen LogP contribution in [0.15, 0.2) is 30.3 Å². The number of ether oxygens (including phenoxy) is 3. The van der Waals surface area contributed by atoms with Crippen molar-refractivity contribution in [1.82, 2.24) is 9.88 Å². The number of nitrogens with zero attached hydrogens (tertiary/aromatic N) is 3. The maximum atomic E-state index is 13.9. The van der Waals surface area contributed by atoms with Crippen LogP contribution in [0.1, 0.15) is 5.56 Å². The first kappa shape index (κ1) is 19.7. The highest BCUT2D eigenvalue weighted by Crippen LogP contribution is 2.40. The van der Waals surface area contributed by atoms with Crippen molar-refractivity contribution in [2.24, 2.45) is 0 Å². The summed E-state index contributed by atoms with van der Waals surface area (Å²) in [6.07, 6.45) is 0. The molecule has 0 atom stereocenters. The molecule has 1 saturated heterocycles. The first-order valence-electron chi connectivity index (χ1n) is 9.44. The third kappa shape index (κ3) is 3.82. The number of fused-ring (bicyclic) bond motifs is 1. The van der Waals surface area contributed by atoms with Gasteiger partial charge in [-0.25, -0.2) is 9.37 Å². The van der Waals surface area contributed by atoms with Crippen LogP contribution in [-0.4, -0.2) is 57.4 Å². The van der Waals surface area contributed by atoms with Crippen molar-refractivity contribution >= 4 is 26.7 Å². The molecule has 0 unspecified atom stereocenters. The molecule has 8 heteroatoms. The predicted octanol–water partition coefficient (Wildman–Crippen LogP) is 3.78. The summed E-state index contributed by atoms with van der Waals surface area (Å²) in [5.41, 5.74) is 1.52. The number of aromatic nitrogens is 1. The van der Waals surface area contributed by atoms with Gasteiger partial charge < -0.3 is 19.1 Å². The number of methoxy groups -OCH3 is 3. The Labute approximate surface area is 173 Å². The molecule has 0 saturated carbocycles. The maximum absolute atomic E-state index is 13.9. The molecule has 0 bridgehead atoms. The zero-order valence-electron chi connectivity index (χ0n) is 16.8. The van der Waals surface area contributed by atoms with Crippen LogP contribution in [0.2, 0.25) is 0 Å². The SMILES string of the molecule is COc1ccc(CN2CCN(c3nc4c(F)cccc4s3)CC2)c(OC)c1OC. The van der Waals surface area contributed by atoms with Crippen molar-refractivity contribution < 1.29 is 18.6 Å². The lowest BCUT2D eigenvalue weighted by atomic mass is 10.1. The van der Waals surface area contributed by atoms with Gasteiger partial charge in [0.1, 0.15) is 11.3 Å². The number of rotatable bonds is 6. The molecule has 1 aliphatic rings. The topological polar surface area (TPSA) is 47.1 Å². The standard InChI is InChI=1S/C21H24FN3O3S/c1-26-16-8-7-14(19(27-2)20(16)28-3)13-24-9-11-25(12-10-24)21-23-18-15(22)5-4-6-17(18)29-21/h4-8H,9-13H2,1-3H3. The molecule has 0 N–H and O–H groups in total. The minimum Gasteiger partial charge on any atom is -0.493 e. The van der Waals surface area contributed by atoms with Crippen LogP contribution in [0.3, 0.4) is 0 Å². The molecule has 1 aliphatic heterocycles. The predicted molar refractivity (Wildman–Crippen MR) is 113 cm³/mol. The van der Waals surface area contributed by atoms with Gasteiger partial charge in [-0.15, -0.1) is 0 Å². The van der Waals surface area contributed by atoms with Crippen LogP contribution in [-0.2, 0) is 6.54 Å². The normalized spacial score (nSPS) is 15.0. The van der Waals surface area contributed by atoms with Crippen LogP contribution in [0.25, 0.3) is 10.2 Å². The monoisotopic (exact) mass is 417 g/mol. The molecule has 29 heavy (non-hydrogen) atoms. The van der Waals surface area contributed by atoms with E-state index in [1.54, 1.807) is 38.7 Å². The quantitative estimate of drug-likeness (QED) is 0.608. The van der Waals surface area contributed by atoms with E-state index in [0.29, 0.717) is 22.8 Å². The average Bonchev–Trinajstić information content (AvgIpc) is 3.19. The molecule has 4 rings (SSSR count). The van der Waals surface area contributed by atoms with Gasteiger partial charge in [-0.1, -0.05) is 23.5 Å².